The average Bonchev–Trinajstić information content (AvgIpc) is 2.25. The van der Waals surface area contributed by atoms with E-state index in [1.807, 2.05) is 13.8 Å². The summed E-state index contributed by atoms with van der Waals surface area (Å²) >= 11 is 17.0. The van der Waals surface area contributed by atoms with Crippen LogP contribution in [0, 0.1) is 0 Å². The van der Waals surface area contributed by atoms with Gasteiger partial charge in [0.1, 0.15) is 0 Å². The minimum absolute atomic E-state index is 0.0872. The van der Waals surface area contributed by atoms with E-state index in [4.69, 9.17) is 35.4 Å². The highest BCUT2D eigenvalue weighted by Crippen LogP contribution is 2.22. The summed E-state index contributed by atoms with van der Waals surface area (Å²) in [5.41, 5.74) is 0.684. The summed E-state index contributed by atoms with van der Waals surface area (Å²) < 4.78 is 0. The van der Waals surface area contributed by atoms with Gasteiger partial charge in [0.05, 0.1) is 6.54 Å². The van der Waals surface area contributed by atoms with Crippen LogP contribution < -0.4 is 10.6 Å². The topological polar surface area (TPSA) is 44.4 Å². The summed E-state index contributed by atoms with van der Waals surface area (Å²) in [4.78, 5) is 13.3. The van der Waals surface area contributed by atoms with Crippen LogP contribution in [-0.4, -0.2) is 35.6 Å². The largest absolute Gasteiger partial charge is 0.352 e. The van der Waals surface area contributed by atoms with Crippen LogP contribution in [0.3, 0.4) is 0 Å². The van der Waals surface area contributed by atoms with Gasteiger partial charge in [-0.1, -0.05) is 23.2 Å². The number of carbonyl (C=O) groups excluding carboxylic acids is 1. The highest BCUT2D eigenvalue weighted by atomic mass is 35.5. The summed E-state index contributed by atoms with van der Waals surface area (Å²) in [6.07, 6.45) is 0. The Kier molecular flexibility index (Phi) is 6.52. The predicted octanol–water partition coefficient (Wildman–Crippen LogP) is 3.15. The molecule has 1 amide bonds. The van der Waals surface area contributed by atoms with Gasteiger partial charge in [-0.15, -0.1) is 0 Å². The Hall–Kier alpha value is -1.04. The lowest BCUT2D eigenvalue weighted by molar-refractivity contribution is -0.121. The minimum Gasteiger partial charge on any atom is -0.352 e. The first-order valence-electron chi connectivity index (χ1n) is 6.05. The second-order valence-corrected chi connectivity index (χ2v) is 5.93. The number of nitrogens with zero attached hydrogens (tertiary/aromatic N) is 1. The zero-order chi connectivity index (χ0) is 15.3. The molecular weight excluding hydrogens is 317 g/mol. The van der Waals surface area contributed by atoms with Crippen LogP contribution >= 0.6 is 35.4 Å². The van der Waals surface area contributed by atoms with Crippen LogP contribution in [0.2, 0.25) is 10.0 Å². The molecule has 0 atom stereocenters. The average molecular weight is 334 g/mol. The number of hydrogen-bond donors (Lipinski definition) is 2. The second-order valence-electron chi connectivity index (χ2n) is 4.67. The smallest absolute Gasteiger partial charge is 0.239 e. The Labute approximate surface area is 134 Å². The molecule has 0 aliphatic carbocycles. The van der Waals surface area contributed by atoms with Crippen molar-refractivity contribution in [2.75, 3.05) is 18.9 Å². The lowest BCUT2D eigenvalue weighted by atomic mass is 10.3. The van der Waals surface area contributed by atoms with Gasteiger partial charge in [0.2, 0.25) is 5.91 Å². The molecule has 4 nitrogen and oxygen atoms in total. The van der Waals surface area contributed by atoms with Gasteiger partial charge in [-0.25, -0.2) is 0 Å². The van der Waals surface area contributed by atoms with E-state index in [1.54, 1.807) is 30.1 Å². The lowest BCUT2D eigenvalue weighted by Crippen LogP contribution is -2.42. The van der Waals surface area contributed by atoms with Crippen LogP contribution in [0.25, 0.3) is 0 Å². The fraction of sp³-hybridized carbons (Fsp3) is 0.385. The van der Waals surface area contributed by atoms with E-state index < -0.39 is 0 Å². The van der Waals surface area contributed by atoms with Gasteiger partial charge in [0, 0.05) is 28.8 Å². The third kappa shape index (κ3) is 5.94. The zero-order valence-electron chi connectivity index (χ0n) is 11.5. The van der Waals surface area contributed by atoms with Crippen molar-refractivity contribution in [3.05, 3.63) is 28.2 Å². The minimum atomic E-state index is -0.0872. The summed E-state index contributed by atoms with van der Waals surface area (Å²) in [5.74, 6) is -0.0872. The number of carbonyl (C=O) groups is 1. The van der Waals surface area contributed by atoms with E-state index >= 15 is 0 Å². The van der Waals surface area contributed by atoms with E-state index in [2.05, 4.69) is 10.6 Å². The van der Waals surface area contributed by atoms with Gasteiger partial charge in [0.15, 0.2) is 5.11 Å². The molecule has 2 N–H and O–H groups in total. The number of likely N-dealkylation sites (N-methyl/N-ethyl adjacent to an activating group) is 1. The normalized spacial score (nSPS) is 10.3. The zero-order valence-corrected chi connectivity index (χ0v) is 13.9. The van der Waals surface area contributed by atoms with E-state index in [0.717, 1.165) is 0 Å². The van der Waals surface area contributed by atoms with Gasteiger partial charge in [-0.05, 0) is 44.3 Å². The van der Waals surface area contributed by atoms with Crippen molar-refractivity contribution < 1.29 is 4.79 Å². The van der Waals surface area contributed by atoms with E-state index in [-0.39, 0.29) is 18.5 Å². The van der Waals surface area contributed by atoms with Gasteiger partial charge >= 0.3 is 0 Å². The van der Waals surface area contributed by atoms with Gasteiger partial charge in [-0.2, -0.15) is 0 Å². The van der Waals surface area contributed by atoms with Crippen molar-refractivity contribution in [1.29, 1.82) is 0 Å². The van der Waals surface area contributed by atoms with Gasteiger partial charge < -0.3 is 15.5 Å². The highest BCUT2D eigenvalue weighted by Gasteiger charge is 2.11. The van der Waals surface area contributed by atoms with E-state index in [9.17, 15) is 4.79 Å². The molecule has 0 aliphatic rings. The summed E-state index contributed by atoms with van der Waals surface area (Å²) in [5, 5.41) is 7.24. The Morgan fingerprint density at radius 3 is 2.35 bits per heavy atom. The van der Waals surface area contributed by atoms with Crippen LogP contribution in [0.4, 0.5) is 5.69 Å². The molecular formula is C13H17Cl2N3OS. The van der Waals surface area contributed by atoms with Gasteiger partial charge in [0.25, 0.3) is 0 Å². The molecule has 0 radical (unpaired) electrons. The standard InChI is InChI=1S/C13H17Cl2N3OS/c1-8(2)16-12(19)7-18(3)13(20)17-11-5-9(14)4-10(15)6-11/h4-6,8H,7H2,1-3H3,(H,16,19)(H,17,20). The van der Waals surface area contributed by atoms with Crippen molar-refractivity contribution in [2.24, 2.45) is 0 Å². The second kappa shape index (κ2) is 7.67. The Morgan fingerprint density at radius 2 is 1.85 bits per heavy atom. The quantitative estimate of drug-likeness (QED) is 0.831. The number of halogens is 2. The first kappa shape index (κ1) is 17.0. The molecule has 0 saturated carbocycles. The third-order valence-electron chi connectivity index (χ3n) is 2.29. The van der Waals surface area contributed by atoms with Crippen molar-refractivity contribution >= 4 is 52.1 Å². The van der Waals surface area contributed by atoms with E-state index in [1.165, 1.54) is 0 Å². The highest BCUT2D eigenvalue weighted by molar-refractivity contribution is 7.80. The molecule has 1 rings (SSSR count). The van der Waals surface area contributed by atoms with Gasteiger partial charge in [-0.3, -0.25) is 4.79 Å². The molecule has 0 aromatic heterocycles. The molecule has 7 heteroatoms. The molecule has 0 spiro atoms. The number of rotatable bonds is 4. The summed E-state index contributed by atoms with van der Waals surface area (Å²) in [6, 6.07) is 5.16. The molecule has 1 aromatic rings. The first-order valence-corrected chi connectivity index (χ1v) is 7.22. The van der Waals surface area contributed by atoms with Crippen molar-refractivity contribution in [3.8, 4) is 0 Å². The third-order valence-corrected chi connectivity index (χ3v) is 3.14. The first-order chi connectivity index (χ1) is 9.27. The Bertz CT molecular complexity index is 488. The molecule has 20 heavy (non-hydrogen) atoms. The van der Waals surface area contributed by atoms with Crippen LogP contribution in [0.5, 0.6) is 0 Å². The number of thiocarbonyl (C=S) groups is 1. The molecule has 1 aromatic carbocycles. The Balaban J connectivity index is 2.59. The number of benzene rings is 1. The van der Waals surface area contributed by atoms with Crippen LogP contribution in [-0.2, 0) is 4.79 Å². The fourth-order valence-electron chi connectivity index (χ4n) is 1.50. The van der Waals surface area contributed by atoms with Crippen LogP contribution in [0.1, 0.15) is 13.8 Å². The molecule has 110 valence electrons. The number of hydrogen-bond acceptors (Lipinski definition) is 2. The molecule has 0 bridgehead atoms. The van der Waals surface area contributed by atoms with Crippen molar-refractivity contribution in [1.82, 2.24) is 10.2 Å². The number of nitrogens with one attached hydrogen (secondary N) is 2. The van der Waals surface area contributed by atoms with Crippen LogP contribution in [0.15, 0.2) is 18.2 Å². The molecule has 0 saturated heterocycles. The maximum atomic E-state index is 11.6. The number of anilines is 1. The van der Waals surface area contributed by atoms with Crippen molar-refractivity contribution in [3.63, 3.8) is 0 Å². The summed E-state index contributed by atoms with van der Waals surface area (Å²) in [6.45, 7) is 3.99. The molecule has 0 fully saturated rings. The van der Waals surface area contributed by atoms with E-state index in [0.29, 0.717) is 20.8 Å². The fourth-order valence-corrected chi connectivity index (χ4v) is 2.21. The maximum Gasteiger partial charge on any atom is 0.239 e. The molecule has 0 unspecified atom stereocenters. The predicted molar refractivity (Wildman–Crippen MR) is 88.6 cm³/mol. The monoisotopic (exact) mass is 333 g/mol. The lowest BCUT2D eigenvalue weighted by Gasteiger charge is -2.21. The summed E-state index contributed by atoms with van der Waals surface area (Å²) in [7, 11) is 1.74. The Morgan fingerprint density at radius 1 is 1.30 bits per heavy atom. The maximum absolute atomic E-state index is 11.6. The van der Waals surface area contributed by atoms with Crippen molar-refractivity contribution in [2.45, 2.75) is 19.9 Å². The SMILES string of the molecule is CC(C)NC(=O)CN(C)C(=S)Nc1cc(Cl)cc(Cl)c1. The molecule has 0 aliphatic heterocycles. The molecule has 0 heterocycles. The number of amides is 1.